The van der Waals surface area contributed by atoms with Crippen LogP contribution in [-0.4, -0.2) is 14.2 Å². The molecule has 21 heavy (non-hydrogen) atoms. The number of nitrogens with one attached hydrogen (secondary N) is 1. The van der Waals surface area contributed by atoms with Crippen molar-refractivity contribution in [3.63, 3.8) is 0 Å². The lowest BCUT2D eigenvalue weighted by Crippen LogP contribution is -2.06. The van der Waals surface area contributed by atoms with Gasteiger partial charge in [-0.25, -0.2) is 13.2 Å². The summed E-state index contributed by atoms with van der Waals surface area (Å²) in [6.07, 6.45) is 0. The zero-order valence-electron chi connectivity index (χ0n) is 11.5. The van der Waals surface area contributed by atoms with E-state index >= 15 is 0 Å². The lowest BCUT2D eigenvalue weighted by Gasteiger charge is -2.14. The Kier molecular flexibility index (Phi) is 4.57. The van der Waals surface area contributed by atoms with E-state index in [-0.39, 0.29) is 12.2 Å². The van der Waals surface area contributed by atoms with Crippen LogP contribution in [0.25, 0.3) is 0 Å². The molecule has 0 radical (unpaired) electrons. The van der Waals surface area contributed by atoms with Crippen LogP contribution < -0.4 is 14.8 Å². The van der Waals surface area contributed by atoms with Gasteiger partial charge < -0.3 is 14.8 Å². The summed E-state index contributed by atoms with van der Waals surface area (Å²) in [5.74, 6) is -1.97. The van der Waals surface area contributed by atoms with Crippen molar-refractivity contribution in [3.05, 3.63) is 53.3 Å². The predicted molar refractivity (Wildman–Crippen MR) is 73.2 cm³/mol. The van der Waals surface area contributed by atoms with Crippen LogP contribution in [0.1, 0.15) is 5.56 Å². The van der Waals surface area contributed by atoms with Gasteiger partial charge in [0.2, 0.25) is 0 Å². The van der Waals surface area contributed by atoms with Crippen molar-refractivity contribution in [1.82, 2.24) is 0 Å². The molecule has 1 N–H and O–H groups in total. The van der Waals surface area contributed by atoms with Gasteiger partial charge in [0.1, 0.15) is 11.5 Å². The summed E-state index contributed by atoms with van der Waals surface area (Å²) < 4.78 is 50.3. The van der Waals surface area contributed by atoms with E-state index in [1.54, 1.807) is 18.2 Å². The van der Waals surface area contributed by atoms with Gasteiger partial charge in [-0.1, -0.05) is 12.1 Å². The standard InChI is InChI=1S/C15H14F3NO2/c1-20-13-5-3-4-9(15(13)21-2)8-19-14-11(17)6-10(16)7-12(14)18/h3-7,19H,8H2,1-2H3. The Morgan fingerprint density at radius 2 is 1.67 bits per heavy atom. The van der Waals surface area contributed by atoms with Crippen LogP contribution in [0.15, 0.2) is 30.3 Å². The average molecular weight is 297 g/mol. The molecule has 6 heteroatoms. The first-order valence-electron chi connectivity index (χ1n) is 6.15. The fraction of sp³-hybridized carbons (Fsp3) is 0.200. The second-order valence-corrected chi connectivity index (χ2v) is 4.25. The van der Waals surface area contributed by atoms with Gasteiger partial charge in [0.25, 0.3) is 0 Å². The van der Waals surface area contributed by atoms with Gasteiger partial charge in [-0.2, -0.15) is 0 Å². The lowest BCUT2D eigenvalue weighted by atomic mass is 10.1. The van der Waals surface area contributed by atoms with Crippen LogP contribution in [0.2, 0.25) is 0 Å². The molecule has 2 aromatic rings. The molecular formula is C15H14F3NO2. The Bertz CT molecular complexity index is 624. The first-order valence-corrected chi connectivity index (χ1v) is 6.15. The first-order chi connectivity index (χ1) is 10.1. The number of hydrogen-bond acceptors (Lipinski definition) is 3. The maximum atomic E-state index is 13.5. The van der Waals surface area contributed by atoms with Crippen molar-refractivity contribution < 1.29 is 22.6 Å². The Balaban J connectivity index is 2.25. The second-order valence-electron chi connectivity index (χ2n) is 4.25. The van der Waals surface area contributed by atoms with Gasteiger partial charge in [-0.3, -0.25) is 0 Å². The molecule has 0 amide bonds. The molecule has 0 aliphatic carbocycles. The van der Waals surface area contributed by atoms with Gasteiger partial charge >= 0.3 is 0 Å². The Labute approximate surface area is 120 Å². The van der Waals surface area contributed by atoms with Crippen LogP contribution in [-0.2, 0) is 6.54 Å². The third-order valence-corrected chi connectivity index (χ3v) is 2.95. The van der Waals surface area contributed by atoms with Crippen molar-refractivity contribution in [3.8, 4) is 11.5 Å². The molecule has 112 valence electrons. The molecule has 0 aliphatic rings. The second kappa shape index (κ2) is 6.39. The Morgan fingerprint density at radius 3 is 2.24 bits per heavy atom. The Morgan fingerprint density at radius 1 is 1.00 bits per heavy atom. The van der Waals surface area contributed by atoms with Gasteiger partial charge in [0.05, 0.1) is 14.2 Å². The SMILES string of the molecule is COc1cccc(CNc2c(F)cc(F)cc2F)c1OC. The number of ether oxygens (including phenoxy) is 2. The van der Waals surface area contributed by atoms with Crippen LogP contribution >= 0.6 is 0 Å². The number of benzene rings is 2. The zero-order valence-corrected chi connectivity index (χ0v) is 11.5. The normalized spacial score (nSPS) is 10.3. The highest BCUT2D eigenvalue weighted by atomic mass is 19.1. The molecule has 0 spiro atoms. The van der Waals surface area contributed by atoms with Crippen LogP contribution in [0.5, 0.6) is 11.5 Å². The minimum absolute atomic E-state index is 0.0971. The van der Waals surface area contributed by atoms with E-state index < -0.39 is 17.5 Å². The number of anilines is 1. The van der Waals surface area contributed by atoms with E-state index in [0.29, 0.717) is 29.2 Å². The predicted octanol–water partition coefficient (Wildman–Crippen LogP) is 3.73. The molecule has 0 bridgehead atoms. The maximum Gasteiger partial charge on any atom is 0.165 e. The van der Waals surface area contributed by atoms with E-state index in [1.165, 1.54) is 14.2 Å². The molecule has 3 nitrogen and oxygen atoms in total. The minimum Gasteiger partial charge on any atom is -0.493 e. The molecule has 0 aliphatic heterocycles. The molecule has 0 fully saturated rings. The first kappa shape index (κ1) is 15.0. The third-order valence-electron chi connectivity index (χ3n) is 2.95. The van der Waals surface area contributed by atoms with Crippen molar-refractivity contribution >= 4 is 5.69 Å². The summed E-state index contributed by atoms with van der Waals surface area (Å²) in [5.41, 5.74) is 0.265. The van der Waals surface area contributed by atoms with E-state index in [1.807, 2.05) is 0 Å². The third kappa shape index (κ3) is 3.21. The van der Waals surface area contributed by atoms with Gasteiger partial charge in [-0.05, 0) is 6.07 Å². The zero-order chi connectivity index (χ0) is 15.4. The number of methoxy groups -OCH3 is 2. The van der Waals surface area contributed by atoms with E-state index in [0.717, 1.165) is 0 Å². The molecule has 2 rings (SSSR count). The van der Waals surface area contributed by atoms with E-state index in [2.05, 4.69) is 5.32 Å². The van der Waals surface area contributed by atoms with Crippen molar-refractivity contribution in [2.75, 3.05) is 19.5 Å². The molecule has 0 heterocycles. The Hall–Kier alpha value is -2.37. The number of halogens is 3. The summed E-state index contributed by atoms with van der Waals surface area (Å²) in [4.78, 5) is 0. The summed E-state index contributed by atoms with van der Waals surface area (Å²) >= 11 is 0. The number of rotatable bonds is 5. The lowest BCUT2D eigenvalue weighted by molar-refractivity contribution is 0.352. The number of hydrogen-bond donors (Lipinski definition) is 1. The highest BCUT2D eigenvalue weighted by Gasteiger charge is 2.13. The average Bonchev–Trinajstić information content (AvgIpc) is 2.45. The molecular weight excluding hydrogens is 283 g/mol. The highest BCUT2D eigenvalue weighted by Crippen LogP contribution is 2.31. The van der Waals surface area contributed by atoms with Crippen LogP contribution in [0.4, 0.5) is 18.9 Å². The van der Waals surface area contributed by atoms with Gasteiger partial charge in [0.15, 0.2) is 23.1 Å². The molecule has 0 aromatic heterocycles. The van der Waals surface area contributed by atoms with Gasteiger partial charge in [0, 0.05) is 24.2 Å². The molecule has 0 unspecified atom stereocenters. The van der Waals surface area contributed by atoms with E-state index in [9.17, 15) is 13.2 Å². The highest BCUT2D eigenvalue weighted by molar-refractivity contribution is 5.51. The fourth-order valence-electron chi connectivity index (χ4n) is 1.99. The minimum atomic E-state index is -0.991. The monoisotopic (exact) mass is 297 g/mol. The molecule has 0 atom stereocenters. The summed E-state index contributed by atoms with van der Waals surface area (Å²) in [6.45, 7) is 0.0971. The van der Waals surface area contributed by atoms with E-state index in [4.69, 9.17) is 9.47 Å². The van der Waals surface area contributed by atoms with Crippen molar-refractivity contribution in [1.29, 1.82) is 0 Å². The molecule has 0 saturated heterocycles. The number of para-hydroxylation sites is 1. The maximum absolute atomic E-state index is 13.5. The van der Waals surface area contributed by atoms with Crippen LogP contribution in [0.3, 0.4) is 0 Å². The fourth-order valence-corrected chi connectivity index (χ4v) is 1.99. The van der Waals surface area contributed by atoms with Crippen molar-refractivity contribution in [2.24, 2.45) is 0 Å². The molecule has 0 saturated carbocycles. The summed E-state index contributed by atoms with van der Waals surface area (Å²) in [7, 11) is 2.97. The smallest absolute Gasteiger partial charge is 0.165 e. The molecule has 2 aromatic carbocycles. The summed E-state index contributed by atoms with van der Waals surface area (Å²) in [6, 6.07) is 6.41. The van der Waals surface area contributed by atoms with Gasteiger partial charge in [-0.15, -0.1) is 0 Å². The largest absolute Gasteiger partial charge is 0.493 e. The summed E-state index contributed by atoms with van der Waals surface area (Å²) in [5, 5.41) is 2.60. The quantitative estimate of drug-likeness (QED) is 0.912. The topological polar surface area (TPSA) is 30.5 Å². The van der Waals surface area contributed by atoms with Crippen LogP contribution in [0, 0.1) is 17.5 Å². The van der Waals surface area contributed by atoms with Crippen molar-refractivity contribution in [2.45, 2.75) is 6.54 Å².